The smallest absolute Gasteiger partial charge is 0.203 e. The van der Waals surface area contributed by atoms with Gasteiger partial charge in [0, 0.05) is 29.4 Å². The number of thiazole rings is 1. The van der Waals surface area contributed by atoms with Crippen molar-refractivity contribution in [2.24, 2.45) is 5.10 Å². The molecule has 0 radical (unpaired) electrons. The number of halogens is 1. The van der Waals surface area contributed by atoms with Gasteiger partial charge in [0.2, 0.25) is 5.13 Å². The number of nitrogens with one attached hydrogen (secondary N) is 1. The average Bonchev–Trinajstić information content (AvgIpc) is 3.23. The zero-order valence-corrected chi connectivity index (χ0v) is 16.6. The molecular formula is C23H19FN4S. The zero-order chi connectivity index (χ0) is 20.1. The van der Waals surface area contributed by atoms with Crippen molar-refractivity contribution in [2.45, 2.75) is 0 Å². The van der Waals surface area contributed by atoms with Crippen LogP contribution < -0.4 is 10.3 Å². The van der Waals surface area contributed by atoms with Gasteiger partial charge in [-0.1, -0.05) is 48.5 Å². The lowest BCUT2D eigenvalue weighted by Gasteiger charge is -2.19. The summed E-state index contributed by atoms with van der Waals surface area (Å²) in [7, 11) is 1.91. The normalized spacial score (nSPS) is 11.0. The van der Waals surface area contributed by atoms with Crippen molar-refractivity contribution in [3.8, 4) is 11.3 Å². The van der Waals surface area contributed by atoms with Crippen LogP contribution in [-0.4, -0.2) is 18.2 Å². The number of benzene rings is 3. The Labute approximate surface area is 173 Å². The van der Waals surface area contributed by atoms with Crippen molar-refractivity contribution in [1.82, 2.24) is 4.98 Å². The Kier molecular flexibility index (Phi) is 5.63. The molecule has 0 amide bonds. The van der Waals surface area contributed by atoms with E-state index in [1.54, 1.807) is 12.3 Å². The van der Waals surface area contributed by atoms with Gasteiger partial charge in [0.15, 0.2) is 0 Å². The SMILES string of the molecule is CN(c1ccc(C=NNc2nc(-c3ccccc3)cs2)cc1)c1cccc(F)c1. The maximum atomic E-state index is 13.4. The molecule has 0 aliphatic carbocycles. The molecule has 1 aromatic heterocycles. The lowest BCUT2D eigenvalue weighted by molar-refractivity contribution is 0.628. The Bertz CT molecular complexity index is 1110. The molecule has 29 heavy (non-hydrogen) atoms. The van der Waals surface area contributed by atoms with Crippen molar-refractivity contribution in [3.05, 3.63) is 95.6 Å². The van der Waals surface area contributed by atoms with E-state index >= 15 is 0 Å². The van der Waals surface area contributed by atoms with Crippen molar-refractivity contribution < 1.29 is 4.39 Å². The first kappa shape index (κ1) is 18.8. The van der Waals surface area contributed by atoms with Crippen LogP contribution in [0.2, 0.25) is 0 Å². The second-order valence-corrected chi connectivity index (χ2v) is 7.26. The molecule has 0 atom stereocenters. The van der Waals surface area contributed by atoms with E-state index in [4.69, 9.17) is 0 Å². The Balaban J connectivity index is 1.39. The number of nitrogens with zero attached hydrogens (tertiary/aromatic N) is 3. The van der Waals surface area contributed by atoms with Crippen LogP contribution >= 0.6 is 11.3 Å². The summed E-state index contributed by atoms with van der Waals surface area (Å²) in [4.78, 5) is 6.48. The van der Waals surface area contributed by atoms with E-state index < -0.39 is 0 Å². The van der Waals surface area contributed by atoms with Crippen LogP contribution in [0.4, 0.5) is 20.9 Å². The highest BCUT2D eigenvalue weighted by molar-refractivity contribution is 7.14. The molecule has 144 valence electrons. The first-order chi connectivity index (χ1) is 14.2. The van der Waals surface area contributed by atoms with Crippen LogP contribution in [0.15, 0.2) is 89.3 Å². The van der Waals surface area contributed by atoms with Crippen molar-refractivity contribution >= 4 is 34.1 Å². The summed E-state index contributed by atoms with van der Waals surface area (Å²) < 4.78 is 13.4. The van der Waals surface area contributed by atoms with Crippen LogP contribution in [0.1, 0.15) is 5.56 Å². The molecule has 0 saturated heterocycles. The van der Waals surface area contributed by atoms with Gasteiger partial charge < -0.3 is 4.90 Å². The minimum absolute atomic E-state index is 0.248. The van der Waals surface area contributed by atoms with Crippen LogP contribution in [-0.2, 0) is 0 Å². The maximum absolute atomic E-state index is 13.4. The summed E-state index contributed by atoms with van der Waals surface area (Å²) in [6.45, 7) is 0. The van der Waals surface area contributed by atoms with Crippen LogP contribution in [0.3, 0.4) is 0 Å². The van der Waals surface area contributed by atoms with E-state index in [2.05, 4.69) is 15.5 Å². The fraction of sp³-hybridized carbons (Fsp3) is 0.0435. The summed E-state index contributed by atoms with van der Waals surface area (Å²) in [6, 6.07) is 24.5. The van der Waals surface area contributed by atoms with E-state index in [0.717, 1.165) is 33.3 Å². The molecule has 1 N–H and O–H groups in total. The monoisotopic (exact) mass is 402 g/mol. The molecular weight excluding hydrogens is 383 g/mol. The van der Waals surface area contributed by atoms with Gasteiger partial charge in [0.1, 0.15) is 5.82 Å². The van der Waals surface area contributed by atoms with E-state index in [1.807, 2.05) is 78.0 Å². The highest BCUT2D eigenvalue weighted by Crippen LogP contribution is 2.25. The largest absolute Gasteiger partial charge is 0.345 e. The Hall–Kier alpha value is -3.51. The third-order valence-corrected chi connectivity index (χ3v) is 5.17. The Morgan fingerprint density at radius 3 is 2.52 bits per heavy atom. The Morgan fingerprint density at radius 1 is 0.966 bits per heavy atom. The molecule has 0 spiro atoms. The van der Waals surface area contributed by atoms with E-state index in [1.165, 1.54) is 23.5 Å². The first-order valence-electron chi connectivity index (χ1n) is 9.08. The molecule has 6 heteroatoms. The highest BCUT2D eigenvalue weighted by Gasteiger charge is 2.05. The average molecular weight is 402 g/mol. The molecule has 1 heterocycles. The van der Waals surface area contributed by atoms with Gasteiger partial charge >= 0.3 is 0 Å². The van der Waals surface area contributed by atoms with Crippen LogP contribution in [0.5, 0.6) is 0 Å². The molecule has 0 fully saturated rings. The summed E-state index contributed by atoms with van der Waals surface area (Å²) in [6.07, 6.45) is 1.75. The molecule has 0 bridgehead atoms. The second-order valence-electron chi connectivity index (χ2n) is 6.40. The van der Waals surface area contributed by atoms with E-state index in [0.29, 0.717) is 0 Å². The molecule has 4 rings (SSSR count). The minimum Gasteiger partial charge on any atom is -0.345 e. The summed E-state index contributed by atoms with van der Waals surface area (Å²) in [5.41, 5.74) is 7.70. The summed E-state index contributed by atoms with van der Waals surface area (Å²) >= 11 is 1.51. The number of hydrazone groups is 1. The van der Waals surface area contributed by atoms with Gasteiger partial charge in [0.05, 0.1) is 11.9 Å². The zero-order valence-electron chi connectivity index (χ0n) is 15.8. The van der Waals surface area contributed by atoms with E-state index in [-0.39, 0.29) is 5.82 Å². The van der Waals surface area contributed by atoms with Gasteiger partial charge in [-0.2, -0.15) is 5.10 Å². The quantitative estimate of drug-likeness (QED) is 0.310. The number of hydrogen-bond acceptors (Lipinski definition) is 5. The Morgan fingerprint density at radius 2 is 1.76 bits per heavy atom. The minimum atomic E-state index is -0.248. The molecule has 4 aromatic rings. The third-order valence-electron chi connectivity index (χ3n) is 4.42. The predicted molar refractivity (Wildman–Crippen MR) is 120 cm³/mol. The molecule has 0 aliphatic heterocycles. The third kappa shape index (κ3) is 4.67. The predicted octanol–water partition coefficient (Wildman–Crippen LogP) is 6.16. The number of aromatic nitrogens is 1. The summed E-state index contributed by atoms with van der Waals surface area (Å²) in [5.74, 6) is -0.248. The number of rotatable bonds is 6. The molecule has 4 nitrogen and oxygen atoms in total. The fourth-order valence-corrected chi connectivity index (χ4v) is 3.51. The van der Waals surface area contributed by atoms with Crippen LogP contribution in [0, 0.1) is 5.82 Å². The van der Waals surface area contributed by atoms with E-state index in [9.17, 15) is 4.39 Å². The van der Waals surface area contributed by atoms with Crippen molar-refractivity contribution in [3.63, 3.8) is 0 Å². The fourth-order valence-electron chi connectivity index (χ4n) is 2.85. The molecule has 3 aromatic carbocycles. The second kappa shape index (κ2) is 8.67. The van der Waals surface area contributed by atoms with Gasteiger partial charge in [-0.25, -0.2) is 9.37 Å². The molecule has 0 unspecified atom stereocenters. The lowest BCUT2D eigenvalue weighted by atomic mass is 10.2. The summed E-state index contributed by atoms with van der Waals surface area (Å²) in [5, 5.41) is 7.02. The number of anilines is 3. The standard InChI is InChI=1S/C23H19FN4S/c1-28(21-9-5-8-19(24)14-21)20-12-10-17(11-13-20)15-25-27-23-26-22(16-29-23)18-6-3-2-4-7-18/h2-16H,1H3,(H,26,27). The highest BCUT2D eigenvalue weighted by atomic mass is 32.1. The number of hydrogen-bond donors (Lipinski definition) is 1. The van der Waals surface area contributed by atoms with Crippen molar-refractivity contribution in [2.75, 3.05) is 17.4 Å². The van der Waals surface area contributed by atoms with Gasteiger partial charge in [-0.05, 0) is 35.9 Å². The van der Waals surface area contributed by atoms with Gasteiger partial charge in [-0.3, -0.25) is 5.43 Å². The van der Waals surface area contributed by atoms with Crippen LogP contribution in [0.25, 0.3) is 11.3 Å². The topological polar surface area (TPSA) is 40.5 Å². The molecule has 0 saturated carbocycles. The molecule has 0 aliphatic rings. The van der Waals surface area contributed by atoms with Crippen molar-refractivity contribution in [1.29, 1.82) is 0 Å². The first-order valence-corrected chi connectivity index (χ1v) is 9.96. The lowest BCUT2D eigenvalue weighted by Crippen LogP contribution is -2.09. The van der Waals surface area contributed by atoms with Gasteiger partial charge in [-0.15, -0.1) is 11.3 Å². The van der Waals surface area contributed by atoms with Gasteiger partial charge in [0.25, 0.3) is 0 Å². The maximum Gasteiger partial charge on any atom is 0.203 e.